The number of nitrogens with zero attached hydrogens (tertiary/aromatic N) is 4. The summed E-state index contributed by atoms with van der Waals surface area (Å²) < 4.78 is 10.2. The Morgan fingerprint density at radius 2 is 1.83 bits per heavy atom. The molecule has 41 heavy (non-hydrogen) atoms. The lowest BCUT2D eigenvalue weighted by atomic mass is 10.1. The zero-order chi connectivity index (χ0) is 29.3. The second-order valence-corrected chi connectivity index (χ2v) is 11.0. The number of carboxylic acid groups (broad SMARTS) is 1. The molecule has 0 saturated carbocycles. The first-order valence-corrected chi connectivity index (χ1v) is 13.9. The maximum Gasteiger partial charge on any atom is 0.335 e. The minimum Gasteiger partial charge on any atom is -0.489 e. The summed E-state index contributed by atoms with van der Waals surface area (Å²) in [4.78, 5) is 29.3. The van der Waals surface area contributed by atoms with E-state index in [1.165, 1.54) is 4.68 Å². The first-order chi connectivity index (χ1) is 19.6. The summed E-state index contributed by atoms with van der Waals surface area (Å²) in [7, 11) is 0. The standard InChI is InChI=1S/C32H29BrN4O4/c1-19(2)30-35-29-13-8-25(33)16-28(29)31(38)37(30)34-17-24-14-20(3)36(21(24)4)26-9-11-27(12-10-26)41-18-22-6-5-7-23(15-22)32(39)40/h5-17,19H,18H2,1-4H3,(H,39,40). The number of ether oxygens (including phenoxy) is 1. The van der Waals surface area contributed by atoms with Crippen LogP contribution in [0.3, 0.4) is 0 Å². The third-order valence-corrected chi connectivity index (χ3v) is 7.30. The summed E-state index contributed by atoms with van der Waals surface area (Å²) in [5.74, 6) is 0.310. The molecule has 1 N–H and O–H groups in total. The summed E-state index contributed by atoms with van der Waals surface area (Å²) in [6, 6.07) is 21.9. The predicted molar refractivity (Wildman–Crippen MR) is 164 cm³/mol. The van der Waals surface area contributed by atoms with Crippen molar-refractivity contribution in [1.82, 2.24) is 14.2 Å². The number of hydrogen-bond donors (Lipinski definition) is 1. The summed E-state index contributed by atoms with van der Waals surface area (Å²) >= 11 is 3.44. The van der Waals surface area contributed by atoms with Gasteiger partial charge in [0.25, 0.3) is 5.56 Å². The first-order valence-electron chi connectivity index (χ1n) is 13.1. The maximum atomic E-state index is 13.4. The van der Waals surface area contributed by atoms with E-state index in [0.29, 0.717) is 22.5 Å². The van der Waals surface area contributed by atoms with Gasteiger partial charge in [0.05, 0.1) is 22.7 Å². The van der Waals surface area contributed by atoms with Crippen molar-refractivity contribution < 1.29 is 14.6 Å². The van der Waals surface area contributed by atoms with Crippen LogP contribution in [0.2, 0.25) is 0 Å². The van der Waals surface area contributed by atoms with Crippen molar-refractivity contribution in [3.8, 4) is 11.4 Å². The molecule has 0 fully saturated rings. The van der Waals surface area contributed by atoms with Crippen molar-refractivity contribution in [1.29, 1.82) is 0 Å². The lowest BCUT2D eigenvalue weighted by Crippen LogP contribution is -2.23. The van der Waals surface area contributed by atoms with E-state index < -0.39 is 5.97 Å². The number of halogens is 1. The number of rotatable bonds is 8. The second kappa shape index (κ2) is 11.5. The van der Waals surface area contributed by atoms with Crippen LogP contribution in [0.15, 0.2) is 87.2 Å². The summed E-state index contributed by atoms with van der Waals surface area (Å²) in [6.07, 6.45) is 1.71. The third-order valence-electron chi connectivity index (χ3n) is 6.81. The van der Waals surface area contributed by atoms with E-state index in [9.17, 15) is 14.7 Å². The van der Waals surface area contributed by atoms with Crippen LogP contribution < -0.4 is 10.3 Å². The number of aromatic carboxylic acids is 1. The van der Waals surface area contributed by atoms with E-state index in [-0.39, 0.29) is 23.6 Å². The number of carboxylic acids is 1. The number of carbonyl (C=O) groups is 1. The zero-order valence-corrected chi connectivity index (χ0v) is 24.7. The SMILES string of the molecule is Cc1cc(C=Nn2c(C(C)C)nc3ccc(Br)cc3c2=O)c(C)n1-c1ccc(OCc2cccc(C(=O)O)c2)cc1. The van der Waals surface area contributed by atoms with Gasteiger partial charge in [-0.05, 0) is 80.1 Å². The minimum atomic E-state index is -0.965. The third kappa shape index (κ3) is 5.85. The van der Waals surface area contributed by atoms with Gasteiger partial charge in [0.2, 0.25) is 0 Å². The number of aryl methyl sites for hydroxylation is 1. The smallest absolute Gasteiger partial charge is 0.335 e. The molecule has 0 saturated heterocycles. The van der Waals surface area contributed by atoms with Crippen LogP contribution in [0.4, 0.5) is 0 Å². The van der Waals surface area contributed by atoms with Gasteiger partial charge in [0, 0.05) is 33.0 Å². The average Bonchev–Trinajstić information content (AvgIpc) is 3.24. The first kappa shape index (κ1) is 28.0. The van der Waals surface area contributed by atoms with Crippen LogP contribution in [0.5, 0.6) is 5.75 Å². The van der Waals surface area contributed by atoms with Gasteiger partial charge < -0.3 is 14.4 Å². The van der Waals surface area contributed by atoms with E-state index in [1.807, 2.05) is 76.2 Å². The van der Waals surface area contributed by atoms with Crippen molar-refractivity contribution in [3.63, 3.8) is 0 Å². The fraction of sp³-hybridized carbons (Fsp3) is 0.188. The van der Waals surface area contributed by atoms with Gasteiger partial charge in [-0.1, -0.05) is 41.9 Å². The summed E-state index contributed by atoms with van der Waals surface area (Å²) in [5, 5.41) is 14.3. The van der Waals surface area contributed by atoms with Gasteiger partial charge in [-0.25, -0.2) is 9.78 Å². The Hall–Kier alpha value is -4.50. The topological polar surface area (TPSA) is 98.7 Å². The molecule has 0 amide bonds. The number of benzene rings is 3. The van der Waals surface area contributed by atoms with Gasteiger partial charge in [0.15, 0.2) is 0 Å². The van der Waals surface area contributed by atoms with Gasteiger partial charge in [-0.2, -0.15) is 9.78 Å². The van der Waals surface area contributed by atoms with Crippen molar-refractivity contribution in [2.75, 3.05) is 0 Å². The molecule has 0 atom stereocenters. The summed E-state index contributed by atoms with van der Waals surface area (Å²) in [6.45, 7) is 8.28. The van der Waals surface area contributed by atoms with Crippen LogP contribution in [0, 0.1) is 13.8 Å². The number of aromatic nitrogens is 3. The van der Waals surface area contributed by atoms with E-state index >= 15 is 0 Å². The van der Waals surface area contributed by atoms with Crippen LogP contribution in [0.1, 0.15) is 58.5 Å². The normalized spacial score (nSPS) is 11.6. The molecule has 0 aliphatic carbocycles. The molecule has 0 radical (unpaired) electrons. The van der Waals surface area contributed by atoms with E-state index in [0.717, 1.165) is 32.7 Å². The van der Waals surface area contributed by atoms with Crippen LogP contribution in [-0.2, 0) is 6.61 Å². The van der Waals surface area contributed by atoms with Gasteiger partial charge in [-0.3, -0.25) is 4.79 Å². The molecule has 3 aromatic carbocycles. The van der Waals surface area contributed by atoms with Crippen molar-refractivity contribution >= 4 is 39.0 Å². The van der Waals surface area contributed by atoms with Gasteiger partial charge >= 0.3 is 5.97 Å². The van der Waals surface area contributed by atoms with Crippen molar-refractivity contribution in [2.45, 2.75) is 40.2 Å². The lowest BCUT2D eigenvalue weighted by Gasteiger charge is -2.12. The molecule has 2 aromatic heterocycles. The minimum absolute atomic E-state index is 0.00201. The average molecular weight is 614 g/mol. The molecule has 0 aliphatic heterocycles. The van der Waals surface area contributed by atoms with Crippen LogP contribution >= 0.6 is 15.9 Å². The number of fused-ring (bicyclic) bond motifs is 1. The van der Waals surface area contributed by atoms with Gasteiger partial charge in [-0.15, -0.1) is 0 Å². The summed E-state index contributed by atoms with van der Waals surface area (Å²) in [5.41, 5.74) is 5.28. The Labute approximate surface area is 245 Å². The van der Waals surface area contributed by atoms with Crippen LogP contribution in [-0.4, -0.2) is 31.5 Å². The molecule has 5 aromatic rings. The van der Waals surface area contributed by atoms with Crippen LogP contribution in [0.25, 0.3) is 16.6 Å². The Bertz CT molecular complexity index is 1850. The second-order valence-electron chi connectivity index (χ2n) is 10.1. The maximum absolute atomic E-state index is 13.4. The molecule has 0 unspecified atom stereocenters. The van der Waals surface area contributed by atoms with Gasteiger partial charge in [0.1, 0.15) is 18.2 Å². The highest BCUT2D eigenvalue weighted by atomic mass is 79.9. The molecule has 8 nitrogen and oxygen atoms in total. The Balaban J connectivity index is 1.40. The molecule has 9 heteroatoms. The molecule has 2 heterocycles. The Morgan fingerprint density at radius 3 is 2.54 bits per heavy atom. The highest BCUT2D eigenvalue weighted by Crippen LogP contribution is 2.24. The molecule has 0 aliphatic rings. The van der Waals surface area contributed by atoms with E-state index in [4.69, 9.17) is 9.72 Å². The monoisotopic (exact) mass is 612 g/mol. The number of hydrogen-bond acceptors (Lipinski definition) is 5. The quantitative estimate of drug-likeness (QED) is 0.193. The molecule has 0 spiro atoms. The molecule has 208 valence electrons. The molecular weight excluding hydrogens is 584 g/mol. The largest absolute Gasteiger partial charge is 0.489 e. The zero-order valence-electron chi connectivity index (χ0n) is 23.1. The van der Waals surface area contributed by atoms with E-state index in [1.54, 1.807) is 30.5 Å². The van der Waals surface area contributed by atoms with Crippen molar-refractivity contribution in [3.05, 3.63) is 122 Å². The highest BCUT2D eigenvalue weighted by Gasteiger charge is 2.15. The van der Waals surface area contributed by atoms with E-state index in [2.05, 4.69) is 25.6 Å². The highest BCUT2D eigenvalue weighted by molar-refractivity contribution is 9.10. The lowest BCUT2D eigenvalue weighted by molar-refractivity contribution is 0.0696. The fourth-order valence-corrected chi connectivity index (χ4v) is 5.10. The molecule has 0 bridgehead atoms. The Kier molecular flexibility index (Phi) is 7.90. The molecule has 5 rings (SSSR count). The Morgan fingerprint density at radius 1 is 1.07 bits per heavy atom. The van der Waals surface area contributed by atoms with Crippen molar-refractivity contribution in [2.24, 2.45) is 5.10 Å². The predicted octanol–water partition coefficient (Wildman–Crippen LogP) is 6.85. The fourth-order valence-electron chi connectivity index (χ4n) is 4.74. The molecular formula is C32H29BrN4O4.